The van der Waals surface area contributed by atoms with E-state index in [-0.39, 0.29) is 12.5 Å². The molecule has 1 amide bonds. The average Bonchev–Trinajstić information content (AvgIpc) is 2.74. The van der Waals surface area contributed by atoms with E-state index < -0.39 is 0 Å². The topological polar surface area (TPSA) is 59.8 Å². The molecular weight excluding hydrogens is 228 g/mol. The molecule has 2 rings (SSSR count). The lowest BCUT2D eigenvalue weighted by Crippen LogP contribution is -2.19. The molecule has 0 radical (unpaired) electrons. The number of halogens is 1. The third kappa shape index (κ3) is 2.58. The molecule has 0 aliphatic heterocycles. The third-order valence-corrected chi connectivity index (χ3v) is 2.19. The molecular formula is C10H9ClN4O. The molecule has 6 heteroatoms. The van der Waals surface area contributed by atoms with Crippen LogP contribution in [0.1, 0.15) is 0 Å². The molecule has 2 aromatic heterocycles. The fraction of sp³-hybridized carbons (Fsp3) is 0.100. The highest BCUT2D eigenvalue weighted by molar-refractivity contribution is 6.33. The number of carbonyl (C=O) groups excluding carboxylic acids is 1. The minimum Gasteiger partial charge on any atom is -0.308 e. The van der Waals surface area contributed by atoms with E-state index in [1.165, 1.54) is 4.68 Å². The van der Waals surface area contributed by atoms with Crippen molar-refractivity contribution in [3.8, 4) is 0 Å². The number of carbonyl (C=O) groups is 1. The zero-order valence-corrected chi connectivity index (χ0v) is 9.05. The summed E-state index contributed by atoms with van der Waals surface area (Å²) >= 11 is 5.85. The summed E-state index contributed by atoms with van der Waals surface area (Å²) in [4.78, 5) is 15.5. The molecule has 1 N–H and O–H groups in total. The van der Waals surface area contributed by atoms with E-state index in [1.807, 2.05) is 0 Å². The van der Waals surface area contributed by atoms with Gasteiger partial charge in [-0.2, -0.15) is 5.10 Å². The van der Waals surface area contributed by atoms with Crippen molar-refractivity contribution in [2.45, 2.75) is 6.54 Å². The number of rotatable bonds is 3. The first-order valence-corrected chi connectivity index (χ1v) is 5.01. The Morgan fingerprint density at radius 1 is 1.44 bits per heavy atom. The van der Waals surface area contributed by atoms with Gasteiger partial charge in [-0.1, -0.05) is 11.6 Å². The van der Waals surface area contributed by atoms with Crippen LogP contribution in [0.3, 0.4) is 0 Å². The van der Waals surface area contributed by atoms with Crippen LogP contribution in [0, 0.1) is 0 Å². The summed E-state index contributed by atoms with van der Waals surface area (Å²) < 4.78 is 1.52. The van der Waals surface area contributed by atoms with E-state index >= 15 is 0 Å². The number of amides is 1. The molecule has 0 aromatic carbocycles. The van der Waals surface area contributed by atoms with Crippen LogP contribution in [0.4, 0.5) is 5.82 Å². The van der Waals surface area contributed by atoms with E-state index in [0.717, 1.165) is 0 Å². The van der Waals surface area contributed by atoms with Gasteiger partial charge in [0.15, 0.2) is 5.82 Å². The fourth-order valence-electron chi connectivity index (χ4n) is 1.19. The molecule has 16 heavy (non-hydrogen) atoms. The van der Waals surface area contributed by atoms with Gasteiger partial charge < -0.3 is 5.32 Å². The number of nitrogens with zero attached hydrogens (tertiary/aromatic N) is 3. The largest absolute Gasteiger partial charge is 0.308 e. The first kappa shape index (κ1) is 10.6. The van der Waals surface area contributed by atoms with Crippen LogP contribution in [0.2, 0.25) is 5.02 Å². The van der Waals surface area contributed by atoms with Gasteiger partial charge in [-0.05, 0) is 18.2 Å². The Hall–Kier alpha value is -1.88. The number of pyridine rings is 1. The molecule has 0 fully saturated rings. The summed E-state index contributed by atoms with van der Waals surface area (Å²) in [5, 5.41) is 6.94. The molecule has 2 aromatic rings. The summed E-state index contributed by atoms with van der Waals surface area (Å²) in [6.07, 6.45) is 4.88. The predicted molar refractivity (Wildman–Crippen MR) is 60.1 cm³/mol. The minimum absolute atomic E-state index is 0.139. The molecule has 2 heterocycles. The van der Waals surface area contributed by atoms with Crippen LogP contribution in [0.15, 0.2) is 36.8 Å². The molecule has 0 saturated carbocycles. The molecule has 0 bridgehead atoms. The Bertz CT molecular complexity index is 483. The summed E-state index contributed by atoms with van der Waals surface area (Å²) in [5.41, 5.74) is 0. The Kier molecular flexibility index (Phi) is 3.16. The number of hydrogen-bond acceptors (Lipinski definition) is 3. The van der Waals surface area contributed by atoms with Gasteiger partial charge in [0.05, 0.1) is 5.02 Å². The molecule has 5 nitrogen and oxygen atoms in total. The lowest BCUT2D eigenvalue weighted by atomic mass is 10.4. The lowest BCUT2D eigenvalue weighted by Gasteiger charge is -2.05. The highest BCUT2D eigenvalue weighted by Gasteiger charge is 2.06. The average molecular weight is 237 g/mol. The van der Waals surface area contributed by atoms with Crippen molar-refractivity contribution in [1.29, 1.82) is 0 Å². The maximum atomic E-state index is 11.6. The maximum Gasteiger partial charge on any atom is 0.247 e. The molecule has 0 unspecified atom stereocenters. The highest BCUT2D eigenvalue weighted by atomic mass is 35.5. The summed E-state index contributed by atoms with van der Waals surface area (Å²) in [6.45, 7) is 0.139. The van der Waals surface area contributed by atoms with Crippen LogP contribution < -0.4 is 5.32 Å². The van der Waals surface area contributed by atoms with Gasteiger partial charge in [0, 0.05) is 18.6 Å². The maximum absolute atomic E-state index is 11.6. The van der Waals surface area contributed by atoms with Crippen molar-refractivity contribution in [3.63, 3.8) is 0 Å². The first-order valence-electron chi connectivity index (χ1n) is 4.63. The van der Waals surface area contributed by atoms with Crippen LogP contribution in [0.25, 0.3) is 0 Å². The Labute approximate surface area is 97.1 Å². The first-order chi connectivity index (χ1) is 7.75. The van der Waals surface area contributed by atoms with Crippen LogP contribution in [-0.2, 0) is 11.3 Å². The fourth-order valence-corrected chi connectivity index (χ4v) is 1.36. The van der Waals surface area contributed by atoms with E-state index in [2.05, 4.69) is 15.4 Å². The van der Waals surface area contributed by atoms with Crippen molar-refractivity contribution >= 4 is 23.3 Å². The van der Waals surface area contributed by atoms with E-state index in [0.29, 0.717) is 10.8 Å². The number of anilines is 1. The molecule has 0 saturated heterocycles. The summed E-state index contributed by atoms with van der Waals surface area (Å²) in [5.74, 6) is 0.144. The zero-order valence-electron chi connectivity index (χ0n) is 8.30. The highest BCUT2D eigenvalue weighted by Crippen LogP contribution is 2.16. The molecule has 0 aliphatic rings. The minimum atomic E-state index is -0.218. The SMILES string of the molecule is O=C(Cn1cccn1)Nc1ncccc1Cl. The zero-order chi connectivity index (χ0) is 11.4. The molecule has 0 atom stereocenters. The summed E-state index contributed by atoms with van der Waals surface area (Å²) in [7, 11) is 0. The third-order valence-electron chi connectivity index (χ3n) is 1.88. The predicted octanol–water partition coefficient (Wildman–Crippen LogP) is 1.57. The van der Waals surface area contributed by atoms with Gasteiger partial charge in [-0.3, -0.25) is 9.48 Å². The number of hydrogen-bond donors (Lipinski definition) is 1. The van der Waals surface area contributed by atoms with Crippen LogP contribution >= 0.6 is 11.6 Å². The van der Waals surface area contributed by atoms with Crippen molar-refractivity contribution in [2.24, 2.45) is 0 Å². The number of aromatic nitrogens is 3. The van der Waals surface area contributed by atoms with Gasteiger partial charge in [0.1, 0.15) is 6.54 Å². The summed E-state index contributed by atoms with van der Waals surface area (Å²) in [6, 6.07) is 5.12. The van der Waals surface area contributed by atoms with Gasteiger partial charge in [0.25, 0.3) is 0 Å². The van der Waals surface area contributed by atoms with Crippen molar-refractivity contribution in [1.82, 2.24) is 14.8 Å². The molecule has 82 valence electrons. The van der Waals surface area contributed by atoms with Gasteiger partial charge in [-0.25, -0.2) is 4.98 Å². The Morgan fingerprint density at radius 2 is 2.31 bits per heavy atom. The second-order valence-corrected chi connectivity index (χ2v) is 3.49. The standard InChI is InChI=1S/C10H9ClN4O/c11-8-3-1-4-12-10(8)14-9(16)7-15-6-2-5-13-15/h1-6H,7H2,(H,12,14,16). The molecule has 0 aliphatic carbocycles. The monoisotopic (exact) mass is 236 g/mol. The van der Waals surface area contributed by atoms with Crippen molar-refractivity contribution in [2.75, 3.05) is 5.32 Å². The van der Waals surface area contributed by atoms with Gasteiger partial charge >= 0.3 is 0 Å². The second-order valence-electron chi connectivity index (χ2n) is 3.09. The Balaban J connectivity index is 2.00. The van der Waals surface area contributed by atoms with E-state index in [4.69, 9.17) is 11.6 Å². The Morgan fingerprint density at radius 3 is 3.00 bits per heavy atom. The van der Waals surface area contributed by atoms with Crippen LogP contribution in [-0.4, -0.2) is 20.7 Å². The smallest absolute Gasteiger partial charge is 0.247 e. The van der Waals surface area contributed by atoms with E-state index in [1.54, 1.807) is 36.8 Å². The quantitative estimate of drug-likeness (QED) is 0.880. The van der Waals surface area contributed by atoms with E-state index in [9.17, 15) is 4.79 Å². The van der Waals surface area contributed by atoms with Crippen LogP contribution in [0.5, 0.6) is 0 Å². The number of nitrogens with one attached hydrogen (secondary N) is 1. The normalized spacial score (nSPS) is 10.1. The van der Waals surface area contributed by atoms with Gasteiger partial charge in [0.2, 0.25) is 5.91 Å². The van der Waals surface area contributed by atoms with Gasteiger partial charge in [-0.15, -0.1) is 0 Å². The van der Waals surface area contributed by atoms with Crippen molar-refractivity contribution in [3.05, 3.63) is 41.8 Å². The van der Waals surface area contributed by atoms with Crippen molar-refractivity contribution < 1.29 is 4.79 Å². The second kappa shape index (κ2) is 4.76. The lowest BCUT2D eigenvalue weighted by molar-refractivity contribution is -0.116. The molecule has 0 spiro atoms.